The van der Waals surface area contributed by atoms with Gasteiger partial charge in [-0.25, -0.2) is 0 Å². The molecule has 2 aromatic carbocycles. The predicted molar refractivity (Wildman–Crippen MR) is 140 cm³/mol. The molecule has 1 saturated heterocycles. The van der Waals surface area contributed by atoms with E-state index in [-0.39, 0.29) is 24.2 Å². The third kappa shape index (κ3) is 5.86. The molecule has 7 heteroatoms. The molecule has 2 unspecified atom stereocenters. The molecular weight excluding hydrogens is 454 g/mol. The molecule has 0 spiro atoms. The SMILES string of the molecule is Cc1c(NC(=O)c2ccc(OCC3CCCO3)cc2)ccc2cc(CNC3CCCC[C@@H]3O)cnc12. The monoisotopic (exact) mass is 489 g/mol. The van der Waals surface area contributed by atoms with E-state index in [1.807, 2.05) is 37.4 Å². The second kappa shape index (κ2) is 11.4. The molecule has 3 N–H and O–H groups in total. The molecule has 1 aliphatic carbocycles. The van der Waals surface area contributed by atoms with Crippen molar-refractivity contribution in [2.75, 3.05) is 18.5 Å². The molecule has 2 fully saturated rings. The summed E-state index contributed by atoms with van der Waals surface area (Å²) in [7, 11) is 0. The van der Waals surface area contributed by atoms with Gasteiger partial charge in [0.25, 0.3) is 5.91 Å². The number of carbonyl (C=O) groups is 1. The van der Waals surface area contributed by atoms with Gasteiger partial charge in [-0.1, -0.05) is 18.9 Å². The van der Waals surface area contributed by atoms with E-state index in [0.29, 0.717) is 18.7 Å². The maximum Gasteiger partial charge on any atom is 0.255 e. The van der Waals surface area contributed by atoms with Crippen LogP contribution in [0.4, 0.5) is 5.69 Å². The minimum absolute atomic E-state index is 0.149. The first-order chi connectivity index (χ1) is 17.6. The van der Waals surface area contributed by atoms with E-state index < -0.39 is 0 Å². The first kappa shape index (κ1) is 24.7. The van der Waals surface area contributed by atoms with Crippen molar-refractivity contribution >= 4 is 22.5 Å². The van der Waals surface area contributed by atoms with Crippen molar-refractivity contribution in [2.24, 2.45) is 0 Å². The van der Waals surface area contributed by atoms with Crippen LogP contribution in [0.3, 0.4) is 0 Å². The number of nitrogens with one attached hydrogen (secondary N) is 2. The van der Waals surface area contributed by atoms with E-state index in [1.165, 1.54) is 0 Å². The summed E-state index contributed by atoms with van der Waals surface area (Å²) in [6, 6.07) is 13.4. The van der Waals surface area contributed by atoms with Crippen LogP contribution in [-0.2, 0) is 11.3 Å². The van der Waals surface area contributed by atoms with Crippen LogP contribution in [-0.4, -0.2) is 47.5 Å². The molecule has 2 heterocycles. The van der Waals surface area contributed by atoms with Crippen LogP contribution < -0.4 is 15.4 Å². The van der Waals surface area contributed by atoms with E-state index >= 15 is 0 Å². The van der Waals surface area contributed by atoms with Crippen LogP contribution in [0.25, 0.3) is 10.9 Å². The lowest BCUT2D eigenvalue weighted by atomic mass is 9.92. The number of ether oxygens (including phenoxy) is 2. The Morgan fingerprint density at radius 1 is 1.11 bits per heavy atom. The van der Waals surface area contributed by atoms with Crippen molar-refractivity contribution in [1.82, 2.24) is 10.3 Å². The average molecular weight is 490 g/mol. The summed E-state index contributed by atoms with van der Waals surface area (Å²) in [6.45, 7) is 3.99. The third-order valence-corrected chi connectivity index (χ3v) is 7.29. The Balaban J connectivity index is 1.20. The lowest BCUT2D eigenvalue weighted by Gasteiger charge is -2.28. The molecule has 2 aliphatic rings. The van der Waals surface area contributed by atoms with Crippen molar-refractivity contribution in [3.63, 3.8) is 0 Å². The zero-order chi connectivity index (χ0) is 24.9. The highest BCUT2D eigenvalue weighted by molar-refractivity contribution is 6.06. The topological polar surface area (TPSA) is 92.7 Å². The number of benzene rings is 2. The molecule has 0 radical (unpaired) electrons. The number of nitrogens with zero attached hydrogens (tertiary/aromatic N) is 1. The highest BCUT2D eigenvalue weighted by Gasteiger charge is 2.22. The molecule has 1 saturated carbocycles. The Morgan fingerprint density at radius 2 is 1.94 bits per heavy atom. The number of anilines is 1. The van der Waals surface area contributed by atoms with Gasteiger partial charge in [0.1, 0.15) is 12.4 Å². The lowest BCUT2D eigenvalue weighted by molar-refractivity contribution is 0.0679. The molecule has 190 valence electrons. The summed E-state index contributed by atoms with van der Waals surface area (Å²) >= 11 is 0. The van der Waals surface area contributed by atoms with E-state index in [2.05, 4.69) is 21.7 Å². The standard InChI is InChI=1S/C29H35N3O4/c1-19-25(32-29(34)21-8-11-23(12-9-21)36-18-24-5-4-14-35-24)13-10-22-15-20(17-31-28(19)22)16-30-26-6-2-3-7-27(26)33/h8-13,15,17,24,26-27,30,33H,2-7,14,16,18H2,1H3,(H,32,34)/t24?,26?,27-/m0/s1. The fourth-order valence-electron chi connectivity index (χ4n) is 5.09. The predicted octanol–water partition coefficient (Wildman–Crippen LogP) is 4.75. The van der Waals surface area contributed by atoms with E-state index in [9.17, 15) is 9.90 Å². The van der Waals surface area contributed by atoms with Gasteiger partial charge in [-0.2, -0.15) is 0 Å². The smallest absolute Gasteiger partial charge is 0.255 e. The number of amides is 1. The van der Waals surface area contributed by atoms with Crippen LogP contribution in [0.2, 0.25) is 0 Å². The quantitative estimate of drug-likeness (QED) is 0.423. The maximum absolute atomic E-state index is 12.9. The van der Waals surface area contributed by atoms with Gasteiger partial charge < -0.3 is 25.2 Å². The van der Waals surface area contributed by atoms with Crippen LogP contribution in [0.15, 0.2) is 48.7 Å². The molecule has 5 rings (SSSR count). The van der Waals surface area contributed by atoms with Crippen molar-refractivity contribution in [2.45, 2.75) is 70.2 Å². The summed E-state index contributed by atoms with van der Waals surface area (Å²) < 4.78 is 11.4. The second-order valence-corrected chi connectivity index (χ2v) is 9.92. The number of fused-ring (bicyclic) bond motifs is 1. The number of rotatable bonds is 8. The fourth-order valence-corrected chi connectivity index (χ4v) is 5.09. The van der Waals surface area contributed by atoms with Crippen molar-refractivity contribution in [1.29, 1.82) is 0 Å². The Kier molecular flexibility index (Phi) is 7.80. The van der Waals surface area contributed by atoms with Crippen LogP contribution >= 0.6 is 0 Å². The first-order valence-electron chi connectivity index (χ1n) is 13.0. The highest BCUT2D eigenvalue weighted by atomic mass is 16.5. The Labute approximate surface area is 212 Å². The summed E-state index contributed by atoms with van der Waals surface area (Å²) in [5.74, 6) is 0.561. The second-order valence-electron chi connectivity index (χ2n) is 9.92. The van der Waals surface area contributed by atoms with Gasteiger partial charge in [0, 0.05) is 42.0 Å². The van der Waals surface area contributed by atoms with Gasteiger partial charge in [-0.3, -0.25) is 9.78 Å². The number of aryl methyl sites for hydroxylation is 1. The number of aromatic nitrogens is 1. The van der Waals surface area contributed by atoms with Gasteiger partial charge >= 0.3 is 0 Å². The van der Waals surface area contributed by atoms with Gasteiger partial charge in [-0.15, -0.1) is 0 Å². The number of pyridine rings is 1. The normalized spacial score (nSPS) is 22.0. The average Bonchev–Trinajstić information content (AvgIpc) is 3.43. The first-order valence-corrected chi connectivity index (χ1v) is 13.0. The van der Waals surface area contributed by atoms with E-state index in [1.54, 1.807) is 12.1 Å². The molecule has 7 nitrogen and oxygen atoms in total. The lowest BCUT2D eigenvalue weighted by Crippen LogP contribution is -2.41. The minimum atomic E-state index is -0.268. The maximum atomic E-state index is 12.9. The largest absolute Gasteiger partial charge is 0.491 e. The Morgan fingerprint density at radius 3 is 2.72 bits per heavy atom. The summed E-state index contributed by atoms with van der Waals surface area (Å²) in [5, 5.41) is 17.7. The van der Waals surface area contributed by atoms with Crippen molar-refractivity contribution in [3.8, 4) is 5.75 Å². The molecule has 0 bridgehead atoms. The van der Waals surface area contributed by atoms with E-state index in [4.69, 9.17) is 9.47 Å². The molecule has 3 atom stereocenters. The molecule has 3 aromatic rings. The van der Waals surface area contributed by atoms with Crippen LogP contribution in [0.5, 0.6) is 5.75 Å². The minimum Gasteiger partial charge on any atom is -0.491 e. The number of hydrogen-bond acceptors (Lipinski definition) is 6. The number of aliphatic hydroxyl groups is 1. The Hall–Kier alpha value is -3.00. The molecule has 1 amide bonds. The van der Waals surface area contributed by atoms with Crippen molar-refractivity contribution in [3.05, 3.63) is 65.4 Å². The zero-order valence-electron chi connectivity index (χ0n) is 20.8. The van der Waals surface area contributed by atoms with Crippen molar-refractivity contribution < 1.29 is 19.4 Å². The molecule has 1 aromatic heterocycles. The number of hydrogen-bond donors (Lipinski definition) is 3. The summed E-state index contributed by atoms with van der Waals surface area (Å²) in [6.07, 6.45) is 8.02. The molecule has 1 aliphatic heterocycles. The van der Waals surface area contributed by atoms with Crippen LogP contribution in [0.1, 0.15) is 60.0 Å². The van der Waals surface area contributed by atoms with E-state index in [0.717, 1.165) is 78.6 Å². The molecule has 36 heavy (non-hydrogen) atoms. The summed E-state index contributed by atoms with van der Waals surface area (Å²) in [4.78, 5) is 17.6. The van der Waals surface area contributed by atoms with Gasteiger partial charge in [-0.05, 0) is 80.1 Å². The van der Waals surface area contributed by atoms with Gasteiger partial charge in [0.05, 0.1) is 17.7 Å². The van der Waals surface area contributed by atoms with Crippen LogP contribution in [0, 0.1) is 6.92 Å². The number of carbonyl (C=O) groups excluding carboxylic acids is 1. The van der Waals surface area contributed by atoms with Gasteiger partial charge in [0.15, 0.2) is 0 Å². The number of aliphatic hydroxyl groups excluding tert-OH is 1. The summed E-state index contributed by atoms with van der Waals surface area (Å²) in [5.41, 5.74) is 4.19. The zero-order valence-corrected chi connectivity index (χ0v) is 20.8. The highest BCUT2D eigenvalue weighted by Crippen LogP contribution is 2.26. The molecular formula is C29H35N3O4. The third-order valence-electron chi connectivity index (χ3n) is 7.29. The Bertz CT molecular complexity index is 1190. The van der Waals surface area contributed by atoms with Gasteiger partial charge in [0.2, 0.25) is 0 Å². The fraction of sp³-hybridized carbons (Fsp3) is 0.448.